The maximum absolute atomic E-state index is 13.1. The van der Waals surface area contributed by atoms with Crippen molar-refractivity contribution in [2.45, 2.75) is 411 Å². The fourth-order valence-electron chi connectivity index (χ4n) is 13.0. The second kappa shape index (κ2) is 95.5. The Labute approximate surface area is 750 Å². The molecule has 16 nitrogen and oxygen atoms in total. The van der Waals surface area contributed by atoms with Crippen LogP contribution < -0.4 is 0 Å². The number of hydrogen-bond donors (Lipinski definition) is 4. The molecule has 0 amide bonds. The summed E-state index contributed by atoms with van der Waals surface area (Å²) in [4.78, 5) is 59.1. The van der Waals surface area contributed by atoms with Crippen molar-refractivity contribution < 1.29 is 75.8 Å². The fraction of sp³-hybridized carbons (Fsp3) is 0.667. The van der Waals surface area contributed by atoms with Crippen LogP contribution in [-0.2, 0) is 55.8 Å². The number of carbonyl (C=O) groups excluding carboxylic acids is 3. The second-order valence-electron chi connectivity index (χ2n) is 32.1. The van der Waals surface area contributed by atoms with Crippen LogP contribution in [0.5, 0.6) is 0 Å². The number of aliphatic hydroxyl groups excluding tert-OH is 2. The number of unbranched alkanes of at least 4 members (excludes halogenated alkanes) is 36. The number of aliphatic hydroxyl groups is 2. The average Bonchev–Trinajstić information content (AvgIpc) is 0.898. The van der Waals surface area contributed by atoms with Gasteiger partial charge in [0.15, 0.2) is 6.10 Å². The molecule has 5 unspecified atom stereocenters. The SMILES string of the molecule is CC/C=C\C/C=C\C/C=C\C/C=C\C/C=C\C/C=C\CCCCCCCCCCCCCCCCCCC(=O)OCC(O)COP(=O)(O)OCC(O)COP(=O)(O)OCC(COC(=O)CCCCCCCCCCCCCCCCC/C=C\C/C=C\C/C=C\C/C=C\C/C=C\CC)OC(=O)CCCCCCC/C=C\C/C=C\C/C=C\C/C=C\C/C=C\CC. The number of phosphoric ester groups is 2. The van der Waals surface area contributed by atoms with Gasteiger partial charge < -0.3 is 34.2 Å². The third-order valence-corrected chi connectivity index (χ3v) is 22.2. The lowest BCUT2D eigenvalue weighted by atomic mass is 10.0. The lowest BCUT2D eigenvalue weighted by Gasteiger charge is -2.21. The van der Waals surface area contributed by atoms with Gasteiger partial charge in [-0.25, -0.2) is 9.13 Å². The predicted octanol–water partition coefficient (Wildman–Crippen LogP) is 30.6. The van der Waals surface area contributed by atoms with Crippen LogP contribution in [0, 0.1) is 0 Å². The lowest BCUT2D eigenvalue weighted by Crippen LogP contribution is -2.30. The van der Waals surface area contributed by atoms with Gasteiger partial charge in [-0.15, -0.1) is 0 Å². The van der Waals surface area contributed by atoms with Gasteiger partial charge >= 0.3 is 33.6 Å². The Hall–Kier alpha value is -5.61. The molecule has 0 aromatic carbocycles. The number of esters is 3. The van der Waals surface area contributed by atoms with Gasteiger partial charge in [-0.05, 0) is 161 Å². The van der Waals surface area contributed by atoms with Gasteiger partial charge in [0.1, 0.15) is 25.4 Å². The first-order valence-electron chi connectivity index (χ1n) is 48.7. The molecule has 0 aromatic rings. The summed E-state index contributed by atoms with van der Waals surface area (Å²) >= 11 is 0. The minimum absolute atomic E-state index is 0.0781. The van der Waals surface area contributed by atoms with Crippen LogP contribution in [0.2, 0.25) is 0 Å². The van der Waals surface area contributed by atoms with Crippen molar-refractivity contribution in [2.75, 3.05) is 39.6 Å². The molecule has 5 atom stereocenters. The fourth-order valence-corrected chi connectivity index (χ4v) is 14.6. The smallest absolute Gasteiger partial charge is 0.463 e. The summed E-state index contributed by atoms with van der Waals surface area (Å²) < 4.78 is 61.6. The van der Waals surface area contributed by atoms with Gasteiger partial charge in [0.05, 0.1) is 26.4 Å². The van der Waals surface area contributed by atoms with E-state index in [-0.39, 0.29) is 19.3 Å². The highest BCUT2D eigenvalue weighted by atomic mass is 31.2. The third kappa shape index (κ3) is 96.9. The molecule has 0 heterocycles. The lowest BCUT2D eigenvalue weighted by molar-refractivity contribution is -0.161. The van der Waals surface area contributed by atoms with Gasteiger partial charge in [-0.1, -0.05) is 408 Å². The largest absolute Gasteiger partial charge is 0.472 e. The quantitative estimate of drug-likeness (QED) is 0.0146. The van der Waals surface area contributed by atoms with Crippen molar-refractivity contribution in [3.8, 4) is 0 Å². The summed E-state index contributed by atoms with van der Waals surface area (Å²) in [6, 6.07) is 0. The van der Waals surface area contributed by atoms with E-state index in [1.165, 1.54) is 154 Å². The standard InChI is InChI=1S/C105H176O16P2/c1-4-7-10-13-16-19-22-25-28-31-34-37-39-41-43-45-47-48-49-50-52-54-55-57-59-62-64-67-70-73-76-79-82-85-88-91-103(108)115-94-100(106)95-117-122(111,112)118-96-101(107)97-119-123(113,114)120-99-102(121-105(110)93-90-87-84-81-78-75-72-69-66-61-36-33-30-27-24-21-18-15-12-9-6-3)98-116-104(109)92-89-86-83-80-77-74-71-68-65-63-60-58-56-53-51-46-44-42-40-38-35-32-29-26-23-20-17-14-11-8-5-2/h7-12,16-21,25-30,34-38,41-44,47-48,61,69,72,100-102,106-107H,4-6,13-15,22-24,31-33,39-40,45-46,49-60,62-68,70-71,73-99H2,1-3H3,(H,111,112)(H,113,114)/b10-7-,11-8-,12-9-,19-16-,20-17-,21-18-,28-25-,29-26-,30-27-,37-34-,38-35-,43-41-,44-42-,48-47-,61-36-,72-69-. The number of ether oxygens (including phenoxy) is 3. The van der Waals surface area contributed by atoms with Crippen LogP contribution in [0.4, 0.5) is 0 Å². The molecule has 0 spiro atoms. The third-order valence-electron chi connectivity index (χ3n) is 20.3. The van der Waals surface area contributed by atoms with Gasteiger partial charge in [0.25, 0.3) is 0 Å². The number of carbonyl (C=O) groups is 3. The van der Waals surface area contributed by atoms with Crippen LogP contribution in [0.25, 0.3) is 0 Å². The predicted molar refractivity (Wildman–Crippen MR) is 518 cm³/mol. The summed E-state index contributed by atoms with van der Waals surface area (Å²) in [5.74, 6) is -1.59. The first-order chi connectivity index (χ1) is 60.2. The summed E-state index contributed by atoms with van der Waals surface area (Å²) in [6.45, 7) is 2.36. The molecule has 0 rings (SSSR count). The van der Waals surface area contributed by atoms with Crippen molar-refractivity contribution >= 4 is 33.6 Å². The molecule has 702 valence electrons. The number of phosphoric acid groups is 2. The monoisotopic (exact) mass is 1760 g/mol. The Morgan fingerprint density at radius 3 is 0.642 bits per heavy atom. The zero-order valence-corrected chi connectivity index (χ0v) is 79.3. The summed E-state index contributed by atoms with van der Waals surface area (Å²) in [6.07, 6.45) is 128. The zero-order valence-electron chi connectivity index (χ0n) is 77.5. The van der Waals surface area contributed by atoms with Gasteiger partial charge in [-0.2, -0.15) is 0 Å². The second-order valence-corrected chi connectivity index (χ2v) is 35.0. The van der Waals surface area contributed by atoms with Crippen molar-refractivity contribution in [2.24, 2.45) is 0 Å². The highest BCUT2D eigenvalue weighted by molar-refractivity contribution is 7.47. The molecule has 0 aliphatic rings. The summed E-state index contributed by atoms with van der Waals surface area (Å²) in [7, 11) is -9.82. The van der Waals surface area contributed by atoms with E-state index < -0.39 is 91.5 Å². The first-order valence-corrected chi connectivity index (χ1v) is 51.7. The minimum Gasteiger partial charge on any atom is -0.463 e. The Morgan fingerprint density at radius 1 is 0.228 bits per heavy atom. The van der Waals surface area contributed by atoms with Crippen molar-refractivity contribution in [1.82, 2.24) is 0 Å². The molecule has 0 bridgehead atoms. The normalized spacial score (nSPS) is 14.6. The van der Waals surface area contributed by atoms with E-state index >= 15 is 0 Å². The number of hydrogen-bond acceptors (Lipinski definition) is 14. The van der Waals surface area contributed by atoms with Crippen molar-refractivity contribution in [1.29, 1.82) is 0 Å². The molecule has 0 radical (unpaired) electrons. The Kier molecular flexibility index (Phi) is 91.1. The maximum atomic E-state index is 13.1. The first kappa shape index (κ1) is 117. The molecule has 0 aromatic heterocycles. The maximum Gasteiger partial charge on any atom is 0.472 e. The zero-order chi connectivity index (χ0) is 89.3. The highest BCUT2D eigenvalue weighted by Crippen LogP contribution is 2.45. The van der Waals surface area contributed by atoms with Crippen LogP contribution in [0.15, 0.2) is 194 Å². The van der Waals surface area contributed by atoms with Crippen LogP contribution in [0.3, 0.4) is 0 Å². The van der Waals surface area contributed by atoms with Crippen LogP contribution in [-0.4, -0.2) is 95.9 Å². The van der Waals surface area contributed by atoms with Gasteiger partial charge in [-0.3, -0.25) is 32.5 Å². The number of rotatable bonds is 91. The van der Waals surface area contributed by atoms with Gasteiger partial charge in [0.2, 0.25) is 0 Å². The minimum atomic E-state index is -4.95. The molecule has 123 heavy (non-hydrogen) atoms. The Balaban J connectivity index is 4.55. The molecule has 4 N–H and O–H groups in total. The topological polar surface area (TPSA) is 231 Å². The summed E-state index contributed by atoms with van der Waals surface area (Å²) in [5.41, 5.74) is 0. The number of allylic oxidation sites excluding steroid dienone is 32. The van der Waals surface area contributed by atoms with E-state index in [0.29, 0.717) is 19.3 Å². The highest BCUT2D eigenvalue weighted by Gasteiger charge is 2.30. The van der Waals surface area contributed by atoms with E-state index in [2.05, 4.69) is 215 Å². The summed E-state index contributed by atoms with van der Waals surface area (Å²) in [5, 5.41) is 20.8. The van der Waals surface area contributed by atoms with Crippen molar-refractivity contribution in [3.05, 3.63) is 194 Å². The molecule has 18 heteroatoms. The van der Waals surface area contributed by atoms with Gasteiger partial charge in [0, 0.05) is 19.3 Å². The van der Waals surface area contributed by atoms with E-state index in [4.69, 9.17) is 32.3 Å². The van der Waals surface area contributed by atoms with E-state index in [0.717, 1.165) is 180 Å². The molecular formula is C105H176O16P2. The molecule has 0 saturated carbocycles. The molecular weight excluding hydrogens is 1580 g/mol. The van der Waals surface area contributed by atoms with Crippen LogP contribution in [0.1, 0.15) is 393 Å². The average molecular weight is 1760 g/mol. The van der Waals surface area contributed by atoms with E-state index in [9.17, 15) is 43.5 Å². The molecule has 0 saturated heterocycles. The van der Waals surface area contributed by atoms with E-state index in [1.807, 2.05) is 0 Å². The molecule has 0 fully saturated rings. The van der Waals surface area contributed by atoms with Crippen LogP contribution >= 0.6 is 15.6 Å². The Bertz CT molecular complexity index is 3020. The molecule has 0 aliphatic carbocycles. The van der Waals surface area contributed by atoms with E-state index in [1.54, 1.807) is 0 Å². The van der Waals surface area contributed by atoms with Crippen molar-refractivity contribution in [3.63, 3.8) is 0 Å². The molecule has 0 aliphatic heterocycles. The Morgan fingerprint density at radius 2 is 0.407 bits per heavy atom.